The third-order valence-electron chi connectivity index (χ3n) is 4.18. The molecule has 4 aromatic rings. The van der Waals surface area contributed by atoms with Crippen LogP contribution in [0.1, 0.15) is 22.0 Å². The van der Waals surface area contributed by atoms with E-state index in [1.807, 2.05) is 48.7 Å². The second-order valence-electron chi connectivity index (χ2n) is 5.87. The molecule has 6 nitrogen and oxygen atoms in total. The monoisotopic (exact) mass is 341 g/mol. The molecular formula is C20H15N5O. The Kier molecular flexibility index (Phi) is 3.96. The molecule has 2 aromatic carbocycles. The molecule has 0 spiro atoms. The number of para-hydroxylation sites is 1. The van der Waals surface area contributed by atoms with Crippen molar-refractivity contribution in [2.75, 3.05) is 0 Å². The number of nitrogens with zero attached hydrogens (tertiary/aromatic N) is 3. The second kappa shape index (κ2) is 6.57. The predicted molar refractivity (Wildman–Crippen MR) is 97.7 cm³/mol. The van der Waals surface area contributed by atoms with Crippen LogP contribution >= 0.6 is 0 Å². The third kappa shape index (κ3) is 2.94. The molecule has 1 atom stereocenters. The quantitative estimate of drug-likeness (QED) is 0.597. The van der Waals surface area contributed by atoms with Crippen molar-refractivity contribution in [2.45, 2.75) is 6.04 Å². The zero-order valence-electron chi connectivity index (χ0n) is 13.8. The van der Waals surface area contributed by atoms with E-state index in [0.29, 0.717) is 11.1 Å². The third-order valence-corrected chi connectivity index (χ3v) is 4.18. The fourth-order valence-corrected chi connectivity index (χ4v) is 2.80. The average molecular weight is 341 g/mol. The van der Waals surface area contributed by atoms with Gasteiger partial charge in [-0.3, -0.25) is 4.79 Å². The van der Waals surface area contributed by atoms with Gasteiger partial charge in [0.25, 0.3) is 5.91 Å². The van der Waals surface area contributed by atoms with E-state index in [1.54, 1.807) is 29.2 Å². The maximum atomic E-state index is 12.5. The van der Waals surface area contributed by atoms with Gasteiger partial charge in [-0.2, -0.15) is 10.4 Å². The van der Waals surface area contributed by atoms with E-state index in [4.69, 9.17) is 0 Å². The Balaban J connectivity index is 1.55. The summed E-state index contributed by atoms with van der Waals surface area (Å²) in [5, 5.41) is 17.5. The first-order valence-electron chi connectivity index (χ1n) is 8.12. The van der Waals surface area contributed by atoms with Gasteiger partial charge < -0.3 is 10.3 Å². The van der Waals surface area contributed by atoms with Gasteiger partial charge in [-0.25, -0.2) is 4.68 Å². The van der Waals surface area contributed by atoms with Crippen molar-refractivity contribution < 1.29 is 4.79 Å². The molecule has 0 aliphatic rings. The van der Waals surface area contributed by atoms with Gasteiger partial charge in [0.05, 0.1) is 18.0 Å². The topological polar surface area (TPSA) is 86.5 Å². The Morgan fingerprint density at radius 2 is 2.04 bits per heavy atom. The number of amides is 1. The summed E-state index contributed by atoms with van der Waals surface area (Å²) in [6.45, 7) is 0. The normalized spacial score (nSPS) is 11.8. The van der Waals surface area contributed by atoms with E-state index in [1.165, 1.54) is 0 Å². The first-order valence-corrected chi connectivity index (χ1v) is 8.12. The van der Waals surface area contributed by atoms with Crippen LogP contribution < -0.4 is 5.32 Å². The number of benzene rings is 2. The Morgan fingerprint density at radius 3 is 2.85 bits per heavy atom. The van der Waals surface area contributed by atoms with E-state index in [-0.39, 0.29) is 5.91 Å². The van der Waals surface area contributed by atoms with Crippen molar-refractivity contribution in [1.29, 1.82) is 5.26 Å². The standard InChI is InChI=1S/C20H15N5O/c21-11-19(16-12-23-25(13-16)17-4-2-1-3-5-17)24-20(26)15-7-6-14-8-9-22-18(14)10-15/h1-10,12-13,19,22H,(H,24,26)/t19-/m0/s1. The summed E-state index contributed by atoms with van der Waals surface area (Å²) in [5.74, 6) is -0.305. The van der Waals surface area contributed by atoms with Crippen LogP contribution in [-0.2, 0) is 0 Å². The SMILES string of the molecule is N#C[C@H](NC(=O)c1ccc2cc[nH]c2c1)c1cnn(-c2ccccc2)c1. The van der Waals surface area contributed by atoms with Crippen LogP contribution in [0.3, 0.4) is 0 Å². The summed E-state index contributed by atoms with van der Waals surface area (Å²) in [5.41, 5.74) is 2.89. The molecule has 0 fully saturated rings. The number of aromatic amines is 1. The zero-order chi connectivity index (χ0) is 17.9. The minimum atomic E-state index is -0.778. The lowest BCUT2D eigenvalue weighted by Crippen LogP contribution is -2.27. The van der Waals surface area contributed by atoms with Gasteiger partial charge in [-0.1, -0.05) is 24.3 Å². The summed E-state index contributed by atoms with van der Waals surface area (Å²) in [4.78, 5) is 15.6. The van der Waals surface area contributed by atoms with Crippen molar-refractivity contribution in [2.24, 2.45) is 0 Å². The zero-order valence-corrected chi connectivity index (χ0v) is 13.8. The summed E-state index contributed by atoms with van der Waals surface area (Å²) in [6, 6.07) is 18.3. The van der Waals surface area contributed by atoms with Crippen molar-refractivity contribution in [3.63, 3.8) is 0 Å². The van der Waals surface area contributed by atoms with E-state index >= 15 is 0 Å². The van der Waals surface area contributed by atoms with Gasteiger partial charge in [0.1, 0.15) is 6.04 Å². The van der Waals surface area contributed by atoms with Gasteiger partial charge in [0.2, 0.25) is 0 Å². The molecule has 0 unspecified atom stereocenters. The Hall–Kier alpha value is -3.85. The van der Waals surface area contributed by atoms with Crippen molar-refractivity contribution in [3.05, 3.63) is 84.3 Å². The minimum Gasteiger partial charge on any atom is -0.361 e. The number of rotatable bonds is 4. The first kappa shape index (κ1) is 15.7. The molecule has 0 radical (unpaired) electrons. The maximum absolute atomic E-state index is 12.5. The molecule has 0 aliphatic carbocycles. The van der Waals surface area contributed by atoms with E-state index < -0.39 is 6.04 Å². The molecule has 0 bridgehead atoms. The lowest BCUT2D eigenvalue weighted by Gasteiger charge is -2.10. The average Bonchev–Trinajstić information content (AvgIpc) is 3.35. The van der Waals surface area contributed by atoms with Crippen LogP contribution in [0.25, 0.3) is 16.6 Å². The number of nitrogens with one attached hydrogen (secondary N) is 2. The first-order chi connectivity index (χ1) is 12.7. The number of carbonyl (C=O) groups is 1. The number of hydrogen-bond acceptors (Lipinski definition) is 3. The molecule has 4 rings (SSSR count). The van der Waals surface area contributed by atoms with E-state index in [9.17, 15) is 10.1 Å². The highest BCUT2D eigenvalue weighted by Crippen LogP contribution is 2.17. The largest absolute Gasteiger partial charge is 0.361 e. The van der Waals surface area contributed by atoms with Crippen LogP contribution in [0.2, 0.25) is 0 Å². The van der Waals surface area contributed by atoms with Crippen LogP contribution in [0.4, 0.5) is 0 Å². The highest BCUT2D eigenvalue weighted by atomic mass is 16.1. The smallest absolute Gasteiger partial charge is 0.252 e. The molecule has 0 saturated heterocycles. The van der Waals surface area contributed by atoms with Crippen LogP contribution in [0, 0.1) is 11.3 Å². The summed E-state index contributed by atoms with van der Waals surface area (Å²) < 4.78 is 1.68. The summed E-state index contributed by atoms with van der Waals surface area (Å²) in [7, 11) is 0. The maximum Gasteiger partial charge on any atom is 0.252 e. The van der Waals surface area contributed by atoms with Crippen molar-refractivity contribution in [3.8, 4) is 11.8 Å². The fraction of sp³-hybridized carbons (Fsp3) is 0.0500. The fourth-order valence-electron chi connectivity index (χ4n) is 2.80. The molecule has 2 N–H and O–H groups in total. The summed E-state index contributed by atoms with van der Waals surface area (Å²) >= 11 is 0. The highest BCUT2D eigenvalue weighted by Gasteiger charge is 2.17. The number of nitriles is 1. The molecular weight excluding hydrogens is 326 g/mol. The molecule has 26 heavy (non-hydrogen) atoms. The number of hydrogen-bond donors (Lipinski definition) is 2. The number of fused-ring (bicyclic) bond motifs is 1. The summed E-state index contributed by atoms with van der Waals surface area (Å²) in [6.07, 6.45) is 5.16. The van der Waals surface area contributed by atoms with E-state index in [0.717, 1.165) is 16.6 Å². The number of carbonyl (C=O) groups excluding carboxylic acids is 1. The Labute approximate surface area is 149 Å². The Morgan fingerprint density at radius 1 is 1.19 bits per heavy atom. The van der Waals surface area contributed by atoms with E-state index in [2.05, 4.69) is 21.5 Å². The van der Waals surface area contributed by atoms with Crippen LogP contribution in [0.15, 0.2) is 73.2 Å². The lowest BCUT2D eigenvalue weighted by atomic mass is 10.1. The molecule has 2 heterocycles. The molecule has 1 amide bonds. The number of H-pyrrole nitrogens is 1. The van der Waals surface area contributed by atoms with Gasteiger partial charge >= 0.3 is 0 Å². The molecule has 6 heteroatoms. The second-order valence-corrected chi connectivity index (χ2v) is 5.87. The molecule has 0 saturated carbocycles. The van der Waals surface area contributed by atoms with Crippen molar-refractivity contribution >= 4 is 16.8 Å². The van der Waals surface area contributed by atoms with Gasteiger partial charge in [-0.15, -0.1) is 0 Å². The molecule has 2 aromatic heterocycles. The molecule has 126 valence electrons. The van der Waals surface area contributed by atoms with Gasteiger partial charge in [0.15, 0.2) is 0 Å². The predicted octanol–water partition coefficient (Wildman–Crippen LogP) is 3.35. The lowest BCUT2D eigenvalue weighted by molar-refractivity contribution is 0.0945. The van der Waals surface area contributed by atoms with Gasteiger partial charge in [-0.05, 0) is 35.7 Å². The molecule has 0 aliphatic heterocycles. The minimum absolute atomic E-state index is 0.305. The van der Waals surface area contributed by atoms with Crippen LogP contribution in [0.5, 0.6) is 0 Å². The number of aromatic nitrogens is 3. The van der Waals surface area contributed by atoms with Gasteiger partial charge in [0, 0.05) is 29.0 Å². The van der Waals surface area contributed by atoms with Crippen LogP contribution in [-0.4, -0.2) is 20.7 Å². The Bertz CT molecular complexity index is 1100. The van der Waals surface area contributed by atoms with Crippen molar-refractivity contribution in [1.82, 2.24) is 20.1 Å². The highest BCUT2D eigenvalue weighted by molar-refractivity contribution is 5.98.